The predicted molar refractivity (Wildman–Crippen MR) is 70.9 cm³/mol. The lowest BCUT2D eigenvalue weighted by atomic mass is 10.2. The minimum absolute atomic E-state index is 0.153. The van der Waals surface area contributed by atoms with Crippen molar-refractivity contribution in [3.8, 4) is 11.5 Å². The van der Waals surface area contributed by atoms with Gasteiger partial charge >= 0.3 is 12.1 Å². The van der Waals surface area contributed by atoms with Crippen LogP contribution in [0.15, 0.2) is 18.2 Å². The van der Waals surface area contributed by atoms with Gasteiger partial charge in [0.15, 0.2) is 0 Å². The van der Waals surface area contributed by atoms with Crippen LogP contribution in [-0.2, 0) is 4.79 Å². The summed E-state index contributed by atoms with van der Waals surface area (Å²) >= 11 is 0. The zero-order chi connectivity index (χ0) is 16.8. The first-order chi connectivity index (χ1) is 10.3. The van der Waals surface area contributed by atoms with E-state index in [0.29, 0.717) is 11.5 Å². The third-order valence-corrected chi connectivity index (χ3v) is 2.57. The molecule has 2 N–H and O–H groups in total. The summed E-state index contributed by atoms with van der Waals surface area (Å²) in [6.45, 7) is -0.495. The second-order valence-corrected chi connectivity index (χ2v) is 4.11. The largest absolute Gasteiger partial charge is 0.497 e. The lowest BCUT2D eigenvalue weighted by molar-refractivity contribution is -0.173. The molecule has 1 aromatic rings. The molecule has 1 rings (SSSR count). The van der Waals surface area contributed by atoms with Gasteiger partial charge in [0.05, 0.1) is 14.2 Å². The van der Waals surface area contributed by atoms with E-state index in [9.17, 15) is 22.8 Å². The third-order valence-electron chi connectivity index (χ3n) is 2.57. The van der Waals surface area contributed by atoms with Crippen molar-refractivity contribution in [1.82, 2.24) is 10.6 Å². The molecule has 0 saturated heterocycles. The van der Waals surface area contributed by atoms with E-state index in [-0.39, 0.29) is 18.7 Å². The number of amides is 2. The van der Waals surface area contributed by atoms with Crippen LogP contribution in [0.2, 0.25) is 0 Å². The topological polar surface area (TPSA) is 76.7 Å². The van der Waals surface area contributed by atoms with E-state index in [0.717, 1.165) is 0 Å². The van der Waals surface area contributed by atoms with Gasteiger partial charge in [0, 0.05) is 24.7 Å². The van der Waals surface area contributed by atoms with Gasteiger partial charge in [0.1, 0.15) is 11.5 Å². The molecule has 0 aliphatic rings. The monoisotopic (exact) mass is 320 g/mol. The van der Waals surface area contributed by atoms with Gasteiger partial charge in [0.25, 0.3) is 5.91 Å². The van der Waals surface area contributed by atoms with Gasteiger partial charge in [-0.25, -0.2) is 0 Å². The number of halogens is 3. The van der Waals surface area contributed by atoms with Crippen LogP contribution in [-0.4, -0.2) is 45.3 Å². The van der Waals surface area contributed by atoms with E-state index in [1.807, 2.05) is 0 Å². The highest BCUT2D eigenvalue weighted by molar-refractivity contribution is 5.95. The van der Waals surface area contributed by atoms with Gasteiger partial charge in [-0.05, 0) is 12.1 Å². The molecule has 6 nitrogen and oxygen atoms in total. The summed E-state index contributed by atoms with van der Waals surface area (Å²) in [5.74, 6) is -1.78. The van der Waals surface area contributed by atoms with Gasteiger partial charge in [-0.2, -0.15) is 13.2 Å². The molecule has 122 valence electrons. The van der Waals surface area contributed by atoms with Gasteiger partial charge in [0.2, 0.25) is 0 Å². The normalized spacial score (nSPS) is 10.8. The maximum absolute atomic E-state index is 11.9. The Morgan fingerprint density at radius 2 is 1.50 bits per heavy atom. The van der Waals surface area contributed by atoms with Gasteiger partial charge < -0.3 is 20.1 Å². The highest BCUT2D eigenvalue weighted by Gasteiger charge is 2.38. The first kappa shape index (κ1) is 17.6. The molecule has 1 aromatic carbocycles. The van der Waals surface area contributed by atoms with Crippen molar-refractivity contribution in [3.05, 3.63) is 23.8 Å². The number of ether oxygens (including phenoxy) is 2. The summed E-state index contributed by atoms with van der Waals surface area (Å²) in [4.78, 5) is 22.4. The maximum Gasteiger partial charge on any atom is 0.471 e. The molecule has 0 aliphatic heterocycles. The summed E-state index contributed by atoms with van der Waals surface area (Å²) in [5, 5.41) is 4.02. The van der Waals surface area contributed by atoms with Crippen molar-refractivity contribution >= 4 is 11.8 Å². The molecule has 0 spiro atoms. The quantitative estimate of drug-likeness (QED) is 0.770. The second-order valence-electron chi connectivity index (χ2n) is 4.11. The number of carbonyl (C=O) groups is 2. The van der Waals surface area contributed by atoms with Crippen molar-refractivity contribution in [2.45, 2.75) is 6.18 Å². The summed E-state index contributed by atoms with van der Waals surface area (Å²) in [6, 6.07) is 4.47. The molecule has 0 bridgehead atoms. The average Bonchev–Trinajstić information content (AvgIpc) is 2.49. The average molecular weight is 320 g/mol. The molecular formula is C13H15F3N2O4. The van der Waals surface area contributed by atoms with Crippen LogP contribution in [0.1, 0.15) is 10.4 Å². The van der Waals surface area contributed by atoms with Crippen molar-refractivity contribution in [2.24, 2.45) is 0 Å². The van der Waals surface area contributed by atoms with Crippen LogP contribution < -0.4 is 20.1 Å². The Balaban J connectivity index is 2.54. The summed E-state index contributed by atoms with van der Waals surface area (Å²) in [7, 11) is 2.84. The van der Waals surface area contributed by atoms with E-state index in [4.69, 9.17) is 9.47 Å². The van der Waals surface area contributed by atoms with E-state index >= 15 is 0 Å². The number of nitrogens with one attached hydrogen (secondary N) is 2. The van der Waals surface area contributed by atoms with Gasteiger partial charge in [-0.15, -0.1) is 0 Å². The first-order valence-corrected chi connectivity index (χ1v) is 6.14. The number of benzene rings is 1. The van der Waals surface area contributed by atoms with Crippen molar-refractivity contribution in [1.29, 1.82) is 0 Å². The van der Waals surface area contributed by atoms with Crippen LogP contribution in [0.3, 0.4) is 0 Å². The summed E-state index contributed by atoms with van der Waals surface area (Å²) in [5.41, 5.74) is 0.221. The molecule has 22 heavy (non-hydrogen) atoms. The zero-order valence-corrected chi connectivity index (χ0v) is 11.9. The summed E-state index contributed by atoms with van der Waals surface area (Å²) < 4.78 is 45.8. The number of hydrogen-bond acceptors (Lipinski definition) is 4. The molecule has 0 fully saturated rings. The first-order valence-electron chi connectivity index (χ1n) is 6.14. The SMILES string of the molecule is COc1cc(OC)cc(C(=O)NCCNC(=O)C(F)(F)F)c1. The zero-order valence-electron chi connectivity index (χ0n) is 11.9. The van der Waals surface area contributed by atoms with Crippen molar-refractivity contribution in [2.75, 3.05) is 27.3 Å². The van der Waals surface area contributed by atoms with E-state index in [1.165, 1.54) is 26.4 Å². The van der Waals surface area contributed by atoms with Crippen molar-refractivity contribution in [3.63, 3.8) is 0 Å². The Bertz CT molecular complexity index is 524. The number of rotatable bonds is 6. The van der Waals surface area contributed by atoms with E-state index in [2.05, 4.69) is 5.32 Å². The van der Waals surface area contributed by atoms with Crippen LogP contribution in [0.25, 0.3) is 0 Å². The van der Waals surface area contributed by atoms with E-state index < -0.39 is 18.0 Å². The summed E-state index contributed by atoms with van der Waals surface area (Å²) in [6.07, 6.45) is -4.94. The Morgan fingerprint density at radius 1 is 1.00 bits per heavy atom. The Hall–Kier alpha value is -2.45. The smallest absolute Gasteiger partial charge is 0.471 e. The fourth-order valence-electron chi connectivity index (χ4n) is 1.49. The molecule has 0 radical (unpaired) electrons. The lowest BCUT2D eigenvalue weighted by Gasteiger charge is -2.10. The molecular weight excluding hydrogens is 305 g/mol. The van der Waals surface area contributed by atoms with Gasteiger partial charge in [-0.3, -0.25) is 9.59 Å². The highest BCUT2D eigenvalue weighted by Crippen LogP contribution is 2.22. The van der Waals surface area contributed by atoms with Crippen LogP contribution in [0.4, 0.5) is 13.2 Å². The molecule has 0 aromatic heterocycles. The van der Waals surface area contributed by atoms with Crippen LogP contribution in [0, 0.1) is 0 Å². The fourth-order valence-corrected chi connectivity index (χ4v) is 1.49. The predicted octanol–water partition coefficient (Wildman–Crippen LogP) is 1.11. The number of methoxy groups -OCH3 is 2. The van der Waals surface area contributed by atoms with Crippen LogP contribution in [0.5, 0.6) is 11.5 Å². The molecule has 0 atom stereocenters. The Morgan fingerprint density at radius 3 is 1.95 bits per heavy atom. The molecule has 0 aliphatic carbocycles. The molecule has 0 saturated carbocycles. The molecule has 2 amide bonds. The van der Waals surface area contributed by atoms with Crippen molar-refractivity contribution < 1.29 is 32.2 Å². The number of alkyl halides is 3. The Labute approximate surface area is 124 Å². The van der Waals surface area contributed by atoms with Crippen LogP contribution >= 0.6 is 0 Å². The molecule has 9 heteroatoms. The fraction of sp³-hybridized carbons (Fsp3) is 0.385. The standard InChI is InChI=1S/C13H15F3N2O4/c1-21-9-5-8(6-10(7-9)22-2)11(19)17-3-4-18-12(20)13(14,15)16/h5-7H,3-4H2,1-2H3,(H,17,19)(H,18,20). The molecule has 0 unspecified atom stereocenters. The van der Waals surface area contributed by atoms with E-state index in [1.54, 1.807) is 11.4 Å². The minimum Gasteiger partial charge on any atom is -0.497 e. The second kappa shape index (κ2) is 7.53. The molecule has 0 heterocycles. The number of hydrogen-bond donors (Lipinski definition) is 2. The number of carbonyl (C=O) groups excluding carboxylic acids is 2. The maximum atomic E-state index is 11.9. The Kier molecular flexibility index (Phi) is 6.02. The minimum atomic E-state index is -4.94. The third kappa shape index (κ3) is 5.15. The van der Waals surface area contributed by atoms with Gasteiger partial charge in [-0.1, -0.05) is 0 Å². The lowest BCUT2D eigenvalue weighted by Crippen LogP contribution is -2.41. The highest BCUT2D eigenvalue weighted by atomic mass is 19.4.